The molecule has 0 unspecified atom stereocenters. The molecule has 1 atom stereocenters. The van der Waals surface area contributed by atoms with Crippen LogP contribution in [0.25, 0.3) is 0 Å². The van der Waals surface area contributed by atoms with Crippen LogP contribution in [0, 0.1) is 26.7 Å². The number of piperidine rings is 1. The molecular formula is C23H31N3O5S2. The number of nitrogens with zero attached hydrogens (tertiary/aromatic N) is 2. The fraction of sp³-hybridized carbons (Fsp3) is 0.435. The number of hydrogen-bond donors (Lipinski definition) is 1. The molecular weight excluding hydrogens is 462 g/mol. The van der Waals surface area contributed by atoms with Gasteiger partial charge in [-0.05, 0) is 68.5 Å². The molecule has 0 aliphatic carbocycles. The lowest BCUT2D eigenvalue weighted by Crippen LogP contribution is -2.43. The second-order valence-electron chi connectivity index (χ2n) is 8.72. The van der Waals surface area contributed by atoms with Crippen molar-refractivity contribution in [3.63, 3.8) is 0 Å². The van der Waals surface area contributed by atoms with Crippen molar-refractivity contribution in [2.75, 3.05) is 32.5 Å². The van der Waals surface area contributed by atoms with Gasteiger partial charge in [0.25, 0.3) is 0 Å². The van der Waals surface area contributed by atoms with Crippen molar-refractivity contribution in [3.05, 3.63) is 53.1 Å². The van der Waals surface area contributed by atoms with Crippen LogP contribution in [0.4, 0.5) is 5.69 Å². The Morgan fingerprint density at radius 3 is 2.33 bits per heavy atom. The summed E-state index contributed by atoms with van der Waals surface area (Å²) in [5.41, 5.74) is 2.64. The second-order valence-corrected chi connectivity index (χ2v) is 12.8. The Labute approximate surface area is 196 Å². The molecule has 0 radical (unpaired) electrons. The van der Waals surface area contributed by atoms with E-state index in [1.54, 1.807) is 32.0 Å². The van der Waals surface area contributed by atoms with Crippen LogP contribution in [0.5, 0.6) is 0 Å². The minimum Gasteiger partial charge on any atom is -0.326 e. The van der Waals surface area contributed by atoms with Crippen LogP contribution in [0.15, 0.2) is 46.2 Å². The summed E-state index contributed by atoms with van der Waals surface area (Å²) in [6.45, 7) is 5.82. The standard InChI is InChI=1S/C23H31N3O5S2/c1-16-8-9-18(3)22(13-16)33(30,31)26-12-6-7-19(15-26)23(27)24-21-14-20(11-10-17(21)2)32(28,29)25(4)5/h8-11,13-14,19H,6-7,12,15H2,1-5H3,(H,24,27)/t19-/m0/s1. The van der Waals surface area contributed by atoms with Gasteiger partial charge in [-0.15, -0.1) is 0 Å². The summed E-state index contributed by atoms with van der Waals surface area (Å²) in [4.78, 5) is 13.4. The first-order valence-corrected chi connectivity index (χ1v) is 13.6. The number of nitrogens with one attached hydrogen (secondary N) is 1. The number of carbonyl (C=O) groups excluding carboxylic acids is 1. The second kappa shape index (κ2) is 9.54. The molecule has 33 heavy (non-hydrogen) atoms. The highest BCUT2D eigenvalue weighted by Crippen LogP contribution is 2.28. The molecule has 8 nitrogen and oxygen atoms in total. The minimum atomic E-state index is -3.73. The smallest absolute Gasteiger partial charge is 0.243 e. The van der Waals surface area contributed by atoms with E-state index in [2.05, 4.69) is 5.32 Å². The van der Waals surface area contributed by atoms with Crippen LogP contribution in [-0.4, -0.2) is 58.5 Å². The minimum absolute atomic E-state index is 0.0796. The monoisotopic (exact) mass is 493 g/mol. The van der Waals surface area contributed by atoms with Crippen molar-refractivity contribution in [2.24, 2.45) is 5.92 Å². The van der Waals surface area contributed by atoms with Gasteiger partial charge in [-0.1, -0.05) is 18.2 Å². The van der Waals surface area contributed by atoms with E-state index in [0.717, 1.165) is 15.4 Å². The van der Waals surface area contributed by atoms with Crippen LogP contribution in [0.3, 0.4) is 0 Å². The predicted octanol–water partition coefficient (Wildman–Crippen LogP) is 2.90. The van der Waals surface area contributed by atoms with Crippen LogP contribution >= 0.6 is 0 Å². The summed E-state index contributed by atoms with van der Waals surface area (Å²) in [5, 5.41) is 2.82. The highest BCUT2D eigenvalue weighted by molar-refractivity contribution is 7.89. The van der Waals surface area contributed by atoms with Gasteiger partial charge in [-0.25, -0.2) is 21.1 Å². The van der Waals surface area contributed by atoms with Crippen LogP contribution in [0.1, 0.15) is 29.5 Å². The van der Waals surface area contributed by atoms with E-state index in [-0.39, 0.29) is 22.2 Å². The lowest BCUT2D eigenvalue weighted by Gasteiger charge is -2.31. The predicted molar refractivity (Wildman–Crippen MR) is 128 cm³/mol. The Kier molecular flexibility index (Phi) is 7.33. The largest absolute Gasteiger partial charge is 0.326 e. The van der Waals surface area contributed by atoms with Gasteiger partial charge in [-0.3, -0.25) is 4.79 Å². The zero-order chi connectivity index (χ0) is 24.6. The number of aryl methyl sites for hydroxylation is 3. The maximum Gasteiger partial charge on any atom is 0.243 e. The highest BCUT2D eigenvalue weighted by atomic mass is 32.2. The molecule has 180 valence electrons. The number of rotatable bonds is 6. The Hall–Kier alpha value is -2.27. The molecule has 1 heterocycles. The van der Waals surface area contributed by atoms with Crippen molar-refractivity contribution in [2.45, 2.75) is 43.4 Å². The first-order valence-electron chi connectivity index (χ1n) is 10.8. The number of benzene rings is 2. The Balaban J connectivity index is 1.81. The number of sulfonamides is 2. The molecule has 2 aromatic rings. The molecule has 3 rings (SSSR count). The molecule has 2 aromatic carbocycles. The van der Waals surface area contributed by atoms with Gasteiger partial charge in [0.2, 0.25) is 26.0 Å². The quantitative estimate of drug-likeness (QED) is 0.666. The van der Waals surface area contributed by atoms with Gasteiger partial charge >= 0.3 is 0 Å². The van der Waals surface area contributed by atoms with Gasteiger partial charge in [0, 0.05) is 32.9 Å². The van der Waals surface area contributed by atoms with E-state index in [4.69, 9.17) is 0 Å². The zero-order valence-electron chi connectivity index (χ0n) is 19.6. The summed E-state index contributed by atoms with van der Waals surface area (Å²) < 4.78 is 54.0. The van der Waals surface area contributed by atoms with Crippen LogP contribution in [0.2, 0.25) is 0 Å². The van der Waals surface area contributed by atoms with Crippen molar-refractivity contribution in [1.82, 2.24) is 8.61 Å². The van der Waals surface area contributed by atoms with Gasteiger partial charge in [0.15, 0.2) is 0 Å². The summed E-state index contributed by atoms with van der Waals surface area (Å²) in [6.07, 6.45) is 1.12. The van der Waals surface area contributed by atoms with E-state index in [9.17, 15) is 21.6 Å². The summed E-state index contributed by atoms with van der Waals surface area (Å²) in [7, 11) is -4.49. The van der Waals surface area contributed by atoms with Gasteiger partial charge < -0.3 is 5.32 Å². The highest BCUT2D eigenvalue weighted by Gasteiger charge is 2.34. The molecule has 1 N–H and O–H groups in total. The summed E-state index contributed by atoms with van der Waals surface area (Å²) in [6, 6.07) is 9.90. The molecule has 1 aliphatic heterocycles. The molecule has 1 fully saturated rings. The fourth-order valence-corrected chi connectivity index (χ4v) is 6.60. The number of hydrogen-bond acceptors (Lipinski definition) is 5. The van der Waals surface area contributed by atoms with Crippen molar-refractivity contribution >= 4 is 31.6 Å². The Morgan fingerprint density at radius 2 is 1.67 bits per heavy atom. The lowest BCUT2D eigenvalue weighted by molar-refractivity contribution is -0.120. The van der Waals surface area contributed by atoms with Gasteiger partial charge in [0.1, 0.15) is 0 Å². The summed E-state index contributed by atoms with van der Waals surface area (Å²) in [5.74, 6) is -0.856. The molecule has 0 saturated carbocycles. The Morgan fingerprint density at radius 1 is 1.00 bits per heavy atom. The first kappa shape index (κ1) is 25.4. The molecule has 1 saturated heterocycles. The third-order valence-corrected chi connectivity index (χ3v) is 9.78. The SMILES string of the molecule is Cc1ccc(C)c(S(=O)(=O)N2CCC[C@H](C(=O)Nc3cc(S(=O)(=O)N(C)C)ccc3C)C2)c1. The van der Waals surface area contributed by atoms with Crippen molar-refractivity contribution < 1.29 is 21.6 Å². The summed E-state index contributed by atoms with van der Waals surface area (Å²) >= 11 is 0. The van der Waals surface area contributed by atoms with E-state index in [1.165, 1.54) is 30.5 Å². The molecule has 0 bridgehead atoms. The van der Waals surface area contributed by atoms with E-state index in [1.807, 2.05) is 13.0 Å². The van der Waals surface area contributed by atoms with Crippen molar-refractivity contribution in [3.8, 4) is 0 Å². The van der Waals surface area contributed by atoms with E-state index in [0.29, 0.717) is 30.6 Å². The molecule has 10 heteroatoms. The maximum atomic E-state index is 13.3. The number of anilines is 1. The molecule has 0 aromatic heterocycles. The van der Waals surface area contributed by atoms with E-state index < -0.39 is 26.0 Å². The Bertz CT molecular complexity index is 1270. The van der Waals surface area contributed by atoms with Crippen LogP contribution in [-0.2, 0) is 24.8 Å². The number of amides is 1. The zero-order valence-corrected chi connectivity index (χ0v) is 21.3. The third-order valence-electron chi connectivity index (χ3n) is 5.96. The third kappa shape index (κ3) is 5.29. The topological polar surface area (TPSA) is 104 Å². The molecule has 0 spiro atoms. The van der Waals surface area contributed by atoms with Gasteiger partial charge in [0.05, 0.1) is 15.7 Å². The lowest BCUT2D eigenvalue weighted by atomic mass is 9.98. The van der Waals surface area contributed by atoms with Crippen molar-refractivity contribution in [1.29, 1.82) is 0 Å². The normalized spacial score (nSPS) is 17.8. The molecule has 1 amide bonds. The van der Waals surface area contributed by atoms with Gasteiger partial charge in [-0.2, -0.15) is 4.31 Å². The molecule has 1 aliphatic rings. The van der Waals surface area contributed by atoms with Crippen LogP contribution < -0.4 is 5.32 Å². The fourth-order valence-electron chi connectivity index (χ4n) is 3.84. The van der Waals surface area contributed by atoms with E-state index >= 15 is 0 Å². The first-order chi connectivity index (χ1) is 15.3. The maximum absolute atomic E-state index is 13.3. The number of carbonyl (C=O) groups is 1. The average molecular weight is 494 g/mol. The average Bonchev–Trinajstić information content (AvgIpc) is 2.76.